The number of carboxylic acids is 1. The third-order valence-corrected chi connectivity index (χ3v) is 4.79. The number of nitrogens with one attached hydrogen (secondary N) is 3. The fourth-order valence-electron chi connectivity index (χ4n) is 3.07. The van der Waals surface area contributed by atoms with Crippen molar-refractivity contribution in [2.45, 2.75) is 38.6 Å². The third-order valence-electron chi connectivity index (χ3n) is 4.79. The first-order valence-corrected chi connectivity index (χ1v) is 10.4. The van der Waals surface area contributed by atoms with Crippen LogP contribution in [0.15, 0.2) is 42.6 Å². The standard InChI is InChI=1S/C22H27N5O6.Na.H/c1-15-8-9-16(12-18(15)27(32)33)17(13-22(30)31)26-21(29)14-25-20(28)7-3-5-11-24-19-6-2-4-10-23-19;;/h2,4,6,8-10,12,17H,3,5,7,11,13-14H2,1H3,(H,23,24)(H,25,28)(H,26,29)(H,30,31);;. The second kappa shape index (κ2) is 15.0. The predicted molar refractivity (Wildman–Crippen MR) is 128 cm³/mol. The molecule has 0 bridgehead atoms. The van der Waals surface area contributed by atoms with Crippen molar-refractivity contribution in [3.63, 3.8) is 0 Å². The molecule has 4 N–H and O–H groups in total. The molecule has 11 nitrogen and oxygen atoms in total. The van der Waals surface area contributed by atoms with Crippen molar-refractivity contribution in [3.05, 3.63) is 63.8 Å². The molecule has 0 spiro atoms. The zero-order valence-corrected chi connectivity index (χ0v) is 18.2. The number of aromatic nitrogens is 1. The van der Waals surface area contributed by atoms with E-state index in [0.717, 1.165) is 12.2 Å². The molecule has 2 rings (SSSR count). The van der Waals surface area contributed by atoms with Gasteiger partial charge in [0, 0.05) is 30.8 Å². The molecule has 2 aromatic rings. The SMILES string of the molecule is Cc1ccc(C(CC(=O)O)NC(=O)CNC(=O)CCCCNc2ccccn2)cc1[N+](=O)[O-].[NaH]. The average molecular weight is 481 g/mol. The van der Waals surface area contributed by atoms with E-state index in [1.165, 1.54) is 18.2 Å². The molecule has 0 aliphatic heterocycles. The number of carboxylic acid groups (broad SMARTS) is 1. The number of hydrogen-bond donors (Lipinski definition) is 4. The summed E-state index contributed by atoms with van der Waals surface area (Å²) in [6, 6.07) is 8.85. The molecular weight excluding hydrogens is 453 g/mol. The maximum absolute atomic E-state index is 12.3. The van der Waals surface area contributed by atoms with Crippen LogP contribution >= 0.6 is 0 Å². The van der Waals surface area contributed by atoms with Crippen LogP contribution in [0.5, 0.6) is 0 Å². The molecule has 0 fully saturated rings. The van der Waals surface area contributed by atoms with Crippen molar-refractivity contribution < 1.29 is 24.4 Å². The van der Waals surface area contributed by atoms with Gasteiger partial charge in [0.25, 0.3) is 5.69 Å². The van der Waals surface area contributed by atoms with Gasteiger partial charge in [0.2, 0.25) is 11.8 Å². The first kappa shape index (κ1) is 29.0. The summed E-state index contributed by atoms with van der Waals surface area (Å²) in [6.07, 6.45) is 2.82. The molecule has 0 saturated heterocycles. The summed E-state index contributed by atoms with van der Waals surface area (Å²) in [7, 11) is 0. The maximum atomic E-state index is 12.3. The van der Waals surface area contributed by atoms with Crippen LogP contribution in [0.3, 0.4) is 0 Å². The number of carbonyl (C=O) groups excluding carboxylic acids is 2. The van der Waals surface area contributed by atoms with Crippen LogP contribution in [0.4, 0.5) is 11.5 Å². The van der Waals surface area contributed by atoms with E-state index in [4.69, 9.17) is 5.11 Å². The zero-order valence-electron chi connectivity index (χ0n) is 18.2. The van der Waals surface area contributed by atoms with E-state index in [9.17, 15) is 24.5 Å². The fraction of sp³-hybridized carbons (Fsp3) is 0.364. The summed E-state index contributed by atoms with van der Waals surface area (Å²) < 4.78 is 0. The first-order valence-electron chi connectivity index (χ1n) is 10.4. The van der Waals surface area contributed by atoms with Crippen molar-refractivity contribution in [2.75, 3.05) is 18.4 Å². The predicted octanol–water partition coefficient (Wildman–Crippen LogP) is 1.68. The van der Waals surface area contributed by atoms with Crippen molar-refractivity contribution in [1.82, 2.24) is 15.6 Å². The molecule has 0 saturated carbocycles. The Morgan fingerprint density at radius 1 is 1.15 bits per heavy atom. The van der Waals surface area contributed by atoms with Crippen molar-refractivity contribution >= 4 is 58.8 Å². The number of pyridine rings is 1. The van der Waals surface area contributed by atoms with Gasteiger partial charge in [-0.1, -0.05) is 18.2 Å². The number of anilines is 1. The molecule has 1 heterocycles. The second-order valence-electron chi connectivity index (χ2n) is 7.40. The van der Waals surface area contributed by atoms with Gasteiger partial charge in [-0.25, -0.2) is 4.98 Å². The molecule has 1 atom stereocenters. The van der Waals surface area contributed by atoms with Crippen LogP contribution in [0.2, 0.25) is 0 Å². The van der Waals surface area contributed by atoms with Crippen LogP contribution in [0.1, 0.15) is 42.9 Å². The minimum absolute atomic E-state index is 0. The fourth-order valence-corrected chi connectivity index (χ4v) is 3.07. The van der Waals surface area contributed by atoms with E-state index in [1.807, 2.05) is 18.2 Å². The van der Waals surface area contributed by atoms with Crippen LogP contribution < -0.4 is 16.0 Å². The Morgan fingerprint density at radius 3 is 2.56 bits per heavy atom. The zero-order chi connectivity index (χ0) is 24.2. The molecule has 0 aliphatic rings. The Balaban J connectivity index is 0.00000578. The number of carbonyl (C=O) groups is 3. The molecule has 34 heavy (non-hydrogen) atoms. The Kier molecular flexibility index (Phi) is 12.8. The summed E-state index contributed by atoms with van der Waals surface area (Å²) in [5, 5.41) is 28.5. The van der Waals surface area contributed by atoms with E-state index in [0.29, 0.717) is 24.1 Å². The van der Waals surface area contributed by atoms with E-state index in [1.54, 1.807) is 13.1 Å². The van der Waals surface area contributed by atoms with Gasteiger partial charge >= 0.3 is 35.5 Å². The number of nitrogens with zero attached hydrogens (tertiary/aromatic N) is 2. The van der Waals surface area contributed by atoms with Gasteiger partial charge in [0.15, 0.2) is 0 Å². The number of nitro benzene ring substituents is 1. The van der Waals surface area contributed by atoms with Crippen LogP contribution in [0, 0.1) is 17.0 Å². The number of unbranched alkanes of at least 4 members (excludes halogenated alkanes) is 1. The van der Waals surface area contributed by atoms with Gasteiger partial charge in [-0.2, -0.15) is 0 Å². The van der Waals surface area contributed by atoms with E-state index in [2.05, 4.69) is 20.9 Å². The van der Waals surface area contributed by atoms with Crippen LogP contribution in [-0.2, 0) is 14.4 Å². The monoisotopic (exact) mass is 481 g/mol. The summed E-state index contributed by atoms with van der Waals surface area (Å²) >= 11 is 0. The van der Waals surface area contributed by atoms with Crippen LogP contribution in [-0.4, -0.2) is 75.4 Å². The van der Waals surface area contributed by atoms with E-state index < -0.39 is 29.3 Å². The molecule has 178 valence electrons. The quantitative estimate of drug-likeness (QED) is 0.145. The number of amides is 2. The molecule has 2 amide bonds. The number of nitro groups is 1. The Bertz CT molecular complexity index is 989. The minimum atomic E-state index is -1.17. The van der Waals surface area contributed by atoms with Gasteiger partial charge in [-0.15, -0.1) is 0 Å². The van der Waals surface area contributed by atoms with Crippen molar-refractivity contribution in [3.8, 4) is 0 Å². The second-order valence-corrected chi connectivity index (χ2v) is 7.40. The third kappa shape index (κ3) is 10.3. The van der Waals surface area contributed by atoms with E-state index in [-0.39, 0.29) is 54.1 Å². The summed E-state index contributed by atoms with van der Waals surface area (Å²) in [4.78, 5) is 50.2. The summed E-state index contributed by atoms with van der Waals surface area (Å²) in [6.45, 7) is 1.90. The van der Waals surface area contributed by atoms with Crippen LogP contribution in [0.25, 0.3) is 0 Å². The van der Waals surface area contributed by atoms with Gasteiger partial charge in [-0.05, 0) is 37.5 Å². The van der Waals surface area contributed by atoms with Gasteiger partial charge in [0.05, 0.1) is 23.9 Å². The number of rotatable bonds is 13. The van der Waals surface area contributed by atoms with Gasteiger partial charge in [0.1, 0.15) is 5.82 Å². The topological polar surface area (TPSA) is 164 Å². The van der Waals surface area contributed by atoms with Crippen molar-refractivity contribution in [2.24, 2.45) is 0 Å². The summed E-state index contributed by atoms with van der Waals surface area (Å²) in [5.74, 6) is -1.31. The normalized spacial score (nSPS) is 11.0. The number of aryl methyl sites for hydroxylation is 1. The molecule has 1 aromatic carbocycles. The van der Waals surface area contributed by atoms with Gasteiger partial charge < -0.3 is 21.1 Å². The molecule has 12 heteroatoms. The average Bonchev–Trinajstić information content (AvgIpc) is 2.77. The molecule has 0 radical (unpaired) electrons. The van der Waals surface area contributed by atoms with E-state index >= 15 is 0 Å². The molecular formula is C22H28N5NaO6. The Labute approximate surface area is 219 Å². The number of aliphatic carboxylic acids is 1. The summed E-state index contributed by atoms with van der Waals surface area (Å²) in [5.41, 5.74) is 0.560. The van der Waals surface area contributed by atoms with Gasteiger partial charge in [-0.3, -0.25) is 24.5 Å². The molecule has 0 aliphatic carbocycles. The Morgan fingerprint density at radius 2 is 1.91 bits per heavy atom. The Hall–Kier alpha value is -3.02. The van der Waals surface area contributed by atoms with Crippen molar-refractivity contribution in [1.29, 1.82) is 0 Å². The molecule has 1 unspecified atom stereocenters. The number of benzene rings is 1. The number of hydrogen-bond acceptors (Lipinski definition) is 7. The molecule has 1 aromatic heterocycles. The first-order chi connectivity index (χ1) is 15.8.